The minimum Gasteiger partial charge on any atom is -0.353 e. The topological polar surface area (TPSA) is 32.3 Å². The Balaban J connectivity index is 1.33. The highest BCUT2D eigenvalue weighted by Crippen LogP contribution is 2.39. The van der Waals surface area contributed by atoms with Crippen molar-refractivity contribution in [2.75, 3.05) is 13.1 Å². The number of amides is 1. The first kappa shape index (κ1) is 20.7. The predicted molar refractivity (Wildman–Crippen MR) is 106 cm³/mol. The van der Waals surface area contributed by atoms with Gasteiger partial charge in [-0.15, -0.1) is 0 Å². The minimum absolute atomic E-state index is 0.166. The van der Waals surface area contributed by atoms with E-state index in [2.05, 4.69) is 10.2 Å². The molecule has 3 nitrogen and oxygen atoms in total. The van der Waals surface area contributed by atoms with E-state index < -0.39 is 11.7 Å². The predicted octanol–water partition coefficient (Wildman–Crippen LogP) is 5.00. The molecule has 0 unspecified atom stereocenters. The first-order valence-electron chi connectivity index (χ1n) is 11.1. The molecule has 1 N–H and O–H groups in total. The standard InChI is InChI=1S/C23H31F3N2O/c24-23(25,26)19-9-5-6-16(12-19)13-28-14-18-10-11-21(20(18)15-28)27-22(29)17-7-3-1-2-4-8-17/h5-6,9,12,17-18,20-21H,1-4,7-8,10-11,13-15H2,(H,27,29)/t18-,20-,21-/m1/s1. The van der Waals surface area contributed by atoms with Gasteiger partial charge in [0.25, 0.3) is 0 Å². The maximum Gasteiger partial charge on any atom is 0.416 e. The summed E-state index contributed by atoms with van der Waals surface area (Å²) in [6.07, 6.45) is 4.63. The average molecular weight is 409 g/mol. The Morgan fingerprint density at radius 3 is 2.52 bits per heavy atom. The van der Waals surface area contributed by atoms with Gasteiger partial charge >= 0.3 is 6.18 Å². The Kier molecular flexibility index (Phi) is 6.19. The highest BCUT2D eigenvalue weighted by Gasteiger charge is 2.43. The zero-order valence-electron chi connectivity index (χ0n) is 16.9. The summed E-state index contributed by atoms with van der Waals surface area (Å²) in [5.41, 5.74) is 0.127. The van der Waals surface area contributed by atoms with Crippen molar-refractivity contribution in [3.05, 3.63) is 35.4 Å². The van der Waals surface area contributed by atoms with Crippen LogP contribution in [0.4, 0.5) is 13.2 Å². The number of nitrogens with one attached hydrogen (secondary N) is 1. The average Bonchev–Trinajstić information content (AvgIpc) is 3.10. The molecule has 1 saturated heterocycles. The van der Waals surface area contributed by atoms with Crippen molar-refractivity contribution in [2.45, 2.75) is 70.1 Å². The largest absolute Gasteiger partial charge is 0.416 e. The van der Waals surface area contributed by atoms with Crippen molar-refractivity contribution in [3.8, 4) is 0 Å². The van der Waals surface area contributed by atoms with Crippen LogP contribution in [0.1, 0.15) is 62.5 Å². The van der Waals surface area contributed by atoms with E-state index in [1.54, 1.807) is 6.07 Å². The summed E-state index contributed by atoms with van der Waals surface area (Å²) < 4.78 is 38.9. The van der Waals surface area contributed by atoms with E-state index in [0.717, 1.165) is 57.7 Å². The third-order valence-electron chi connectivity index (χ3n) is 7.15. The molecular weight excluding hydrogens is 377 g/mol. The maximum atomic E-state index is 13.0. The molecule has 0 radical (unpaired) electrons. The van der Waals surface area contributed by atoms with Crippen LogP contribution in [0, 0.1) is 17.8 Å². The lowest BCUT2D eigenvalue weighted by atomic mass is 9.95. The van der Waals surface area contributed by atoms with Crippen molar-refractivity contribution < 1.29 is 18.0 Å². The highest BCUT2D eigenvalue weighted by atomic mass is 19.4. The van der Waals surface area contributed by atoms with Crippen LogP contribution >= 0.6 is 0 Å². The highest BCUT2D eigenvalue weighted by molar-refractivity contribution is 5.79. The Morgan fingerprint density at radius 1 is 1.03 bits per heavy atom. The van der Waals surface area contributed by atoms with E-state index in [1.807, 2.05) is 0 Å². The summed E-state index contributed by atoms with van der Waals surface area (Å²) in [7, 11) is 0. The Bertz CT molecular complexity index is 712. The molecule has 1 amide bonds. The summed E-state index contributed by atoms with van der Waals surface area (Å²) in [4.78, 5) is 15.0. The van der Waals surface area contributed by atoms with E-state index in [9.17, 15) is 18.0 Å². The Labute approximate surface area is 171 Å². The number of carbonyl (C=O) groups excluding carboxylic acids is 1. The molecule has 4 rings (SSSR count). The number of fused-ring (bicyclic) bond motifs is 1. The van der Waals surface area contributed by atoms with Crippen molar-refractivity contribution in [1.29, 1.82) is 0 Å². The molecule has 1 aliphatic heterocycles. The SMILES string of the molecule is O=C(N[C@@H]1CC[C@@H]2CN(Cc3cccc(C(F)(F)F)c3)C[C@H]21)C1CCCCCC1. The van der Waals surface area contributed by atoms with Gasteiger partial charge in [0.1, 0.15) is 0 Å². The van der Waals surface area contributed by atoms with Crippen LogP contribution in [-0.2, 0) is 17.5 Å². The van der Waals surface area contributed by atoms with Crippen LogP contribution in [-0.4, -0.2) is 29.9 Å². The molecule has 6 heteroatoms. The van der Waals surface area contributed by atoms with Gasteiger partial charge in [0.15, 0.2) is 0 Å². The molecule has 1 aromatic carbocycles. The molecule has 3 fully saturated rings. The zero-order valence-corrected chi connectivity index (χ0v) is 16.9. The van der Waals surface area contributed by atoms with E-state index in [0.29, 0.717) is 23.9 Å². The summed E-state index contributed by atoms with van der Waals surface area (Å²) in [5.74, 6) is 1.36. The van der Waals surface area contributed by atoms with Gasteiger partial charge in [-0.25, -0.2) is 0 Å². The summed E-state index contributed by atoms with van der Waals surface area (Å²) in [6.45, 7) is 2.31. The quantitative estimate of drug-likeness (QED) is 0.711. The van der Waals surface area contributed by atoms with E-state index in [1.165, 1.54) is 25.0 Å². The molecule has 1 aromatic rings. The minimum atomic E-state index is -4.30. The number of carbonyl (C=O) groups is 1. The van der Waals surface area contributed by atoms with Crippen molar-refractivity contribution >= 4 is 5.91 Å². The number of benzene rings is 1. The lowest BCUT2D eigenvalue weighted by Gasteiger charge is -2.24. The van der Waals surface area contributed by atoms with Crippen LogP contribution in [0.3, 0.4) is 0 Å². The fourth-order valence-electron chi connectivity index (χ4n) is 5.61. The van der Waals surface area contributed by atoms with Gasteiger partial charge in [0.05, 0.1) is 5.56 Å². The summed E-state index contributed by atoms with van der Waals surface area (Å²) in [6, 6.07) is 5.88. The Hall–Kier alpha value is -1.56. The second-order valence-corrected chi connectivity index (χ2v) is 9.20. The lowest BCUT2D eigenvalue weighted by Crippen LogP contribution is -2.42. The summed E-state index contributed by atoms with van der Waals surface area (Å²) in [5, 5.41) is 3.35. The molecule has 1 heterocycles. The van der Waals surface area contributed by atoms with Crippen LogP contribution in [0.25, 0.3) is 0 Å². The van der Waals surface area contributed by atoms with Gasteiger partial charge < -0.3 is 5.32 Å². The Morgan fingerprint density at radius 2 is 1.79 bits per heavy atom. The van der Waals surface area contributed by atoms with E-state index in [4.69, 9.17) is 0 Å². The fraction of sp³-hybridized carbons (Fsp3) is 0.696. The normalized spacial score (nSPS) is 28.9. The molecular formula is C23H31F3N2O. The zero-order chi connectivity index (χ0) is 20.4. The molecule has 0 bridgehead atoms. The third-order valence-corrected chi connectivity index (χ3v) is 7.15. The van der Waals surface area contributed by atoms with Gasteiger partial charge in [0.2, 0.25) is 5.91 Å². The fourth-order valence-corrected chi connectivity index (χ4v) is 5.61. The van der Waals surface area contributed by atoms with Crippen LogP contribution in [0.5, 0.6) is 0 Å². The number of likely N-dealkylation sites (tertiary alicyclic amines) is 1. The monoisotopic (exact) mass is 408 g/mol. The number of nitrogens with zero attached hydrogens (tertiary/aromatic N) is 1. The molecule has 29 heavy (non-hydrogen) atoms. The van der Waals surface area contributed by atoms with Gasteiger partial charge in [-0.2, -0.15) is 13.2 Å². The van der Waals surface area contributed by atoms with Gasteiger partial charge in [-0.3, -0.25) is 9.69 Å². The van der Waals surface area contributed by atoms with Crippen molar-refractivity contribution in [2.24, 2.45) is 17.8 Å². The second kappa shape index (κ2) is 8.66. The number of alkyl halides is 3. The number of rotatable bonds is 4. The van der Waals surface area contributed by atoms with E-state index >= 15 is 0 Å². The molecule has 2 aliphatic carbocycles. The van der Waals surface area contributed by atoms with E-state index in [-0.39, 0.29) is 17.9 Å². The molecule has 0 spiro atoms. The van der Waals surface area contributed by atoms with Crippen LogP contribution in [0.2, 0.25) is 0 Å². The van der Waals surface area contributed by atoms with Gasteiger partial charge in [-0.1, -0.05) is 43.9 Å². The molecule has 160 valence electrons. The molecule has 0 aromatic heterocycles. The number of hydrogen-bond acceptors (Lipinski definition) is 2. The second-order valence-electron chi connectivity index (χ2n) is 9.20. The maximum absolute atomic E-state index is 13.0. The number of hydrogen-bond donors (Lipinski definition) is 1. The molecule has 2 saturated carbocycles. The molecule has 3 aliphatic rings. The lowest BCUT2D eigenvalue weighted by molar-refractivity contribution is -0.137. The number of halogens is 3. The first-order chi connectivity index (χ1) is 13.9. The smallest absolute Gasteiger partial charge is 0.353 e. The van der Waals surface area contributed by atoms with Crippen molar-refractivity contribution in [1.82, 2.24) is 10.2 Å². The third kappa shape index (κ3) is 4.96. The summed E-state index contributed by atoms with van der Waals surface area (Å²) >= 11 is 0. The van der Waals surface area contributed by atoms with Gasteiger partial charge in [0, 0.05) is 31.6 Å². The van der Waals surface area contributed by atoms with Gasteiger partial charge in [-0.05, 0) is 49.1 Å². The van der Waals surface area contributed by atoms with Crippen LogP contribution < -0.4 is 5.32 Å². The van der Waals surface area contributed by atoms with Crippen LogP contribution in [0.15, 0.2) is 24.3 Å². The van der Waals surface area contributed by atoms with Crippen molar-refractivity contribution in [3.63, 3.8) is 0 Å². The first-order valence-corrected chi connectivity index (χ1v) is 11.1. The molecule has 3 atom stereocenters.